The highest BCUT2D eigenvalue weighted by atomic mass is 35.5. The maximum absolute atomic E-state index is 11.4. The Morgan fingerprint density at radius 2 is 2.07 bits per heavy atom. The highest BCUT2D eigenvalue weighted by Gasteiger charge is 2.20. The van der Waals surface area contributed by atoms with Crippen molar-refractivity contribution in [3.63, 3.8) is 0 Å². The molecule has 0 fully saturated rings. The molecule has 0 atom stereocenters. The lowest BCUT2D eigenvalue weighted by molar-refractivity contribution is 0.0522. The summed E-state index contributed by atoms with van der Waals surface area (Å²) < 4.78 is 4.75. The first-order valence-corrected chi connectivity index (χ1v) is 4.75. The Bertz CT molecular complexity index is 401. The van der Waals surface area contributed by atoms with E-state index < -0.39 is 5.97 Å². The fraction of sp³-hybridized carbons (Fsp3) is 0.300. The second-order valence-electron chi connectivity index (χ2n) is 2.95. The van der Waals surface area contributed by atoms with Gasteiger partial charge in [-0.05, 0) is 19.4 Å². The average Bonchev–Trinajstić information content (AvgIpc) is 2.15. The van der Waals surface area contributed by atoms with Gasteiger partial charge in [0.25, 0.3) is 0 Å². The van der Waals surface area contributed by atoms with Gasteiger partial charge in [-0.2, -0.15) is 0 Å². The van der Waals surface area contributed by atoms with E-state index in [1.807, 2.05) is 0 Å². The molecule has 1 aromatic rings. The first kappa shape index (κ1) is 11.7. The van der Waals surface area contributed by atoms with Gasteiger partial charge in [0, 0.05) is 6.07 Å². The zero-order chi connectivity index (χ0) is 11.6. The summed E-state index contributed by atoms with van der Waals surface area (Å²) in [4.78, 5) is 11.4. The summed E-state index contributed by atoms with van der Waals surface area (Å²) in [6.07, 6.45) is 0. The van der Waals surface area contributed by atoms with Crippen LogP contribution in [-0.4, -0.2) is 22.8 Å². The minimum atomic E-state index is -0.658. The number of hydrogen-bond acceptors (Lipinski definition) is 4. The molecule has 0 bridgehead atoms. The van der Waals surface area contributed by atoms with Crippen molar-refractivity contribution in [2.24, 2.45) is 0 Å². The fourth-order valence-corrected chi connectivity index (χ4v) is 1.37. The van der Waals surface area contributed by atoms with E-state index in [1.165, 1.54) is 6.92 Å². The van der Waals surface area contributed by atoms with Crippen LogP contribution in [0.2, 0.25) is 5.02 Å². The van der Waals surface area contributed by atoms with Crippen LogP contribution in [0.15, 0.2) is 6.07 Å². The Labute approximate surface area is 92.1 Å². The Balaban J connectivity index is 3.29. The molecule has 0 saturated carbocycles. The summed E-state index contributed by atoms with van der Waals surface area (Å²) in [6.45, 7) is 3.39. The molecule has 5 heteroatoms. The van der Waals surface area contributed by atoms with Crippen molar-refractivity contribution in [3.8, 4) is 11.5 Å². The molecule has 0 aromatic heterocycles. The van der Waals surface area contributed by atoms with E-state index in [0.29, 0.717) is 5.56 Å². The third kappa shape index (κ3) is 2.15. The lowest BCUT2D eigenvalue weighted by atomic mass is 10.1. The monoisotopic (exact) mass is 230 g/mol. The number of carbonyl (C=O) groups excluding carboxylic acids is 1. The van der Waals surface area contributed by atoms with Gasteiger partial charge in [-0.15, -0.1) is 0 Å². The van der Waals surface area contributed by atoms with Crippen molar-refractivity contribution in [1.82, 2.24) is 0 Å². The quantitative estimate of drug-likeness (QED) is 0.765. The number of ether oxygens (including phenoxy) is 1. The second-order valence-corrected chi connectivity index (χ2v) is 3.33. The summed E-state index contributed by atoms with van der Waals surface area (Å²) in [5, 5.41) is 18.8. The third-order valence-corrected chi connectivity index (χ3v) is 2.42. The molecule has 0 aliphatic carbocycles. The number of hydrogen-bond donors (Lipinski definition) is 2. The SMILES string of the molecule is CCOC(=O)c1c(O)cc(O)c(Cl)c1C. The summed E-state index contributed by atoms with van der Waals surface area (Å²) in [5.41, 5.74) is 0.285. The van der Waals surface area contributed by atoms with Gasteiger partial charge in [-0.25, -0.2) is 4.79 Å². The largest absolute Gasteiger partial charge is 0.507 e. The number of carbonyl (C=O) groups is 1. The van der Waals surface area contributed by atoms with Crippen molar-refractivity contribution in [2.45, 2.75) is 13.8 Å². The zero-order valence-corrected chi connectivity index (χ0v) is 9.13. The fourth-order valence-electron chi connectivity index (χ4n) is 1.22. The minimum absolute atomic E-state index is 0.0142. The number of benzene rings is 1. The number of aromatic hydroxyl groups is 2. The second kappa shape index (κ2) is 4.40. The van der Waals surface area contributed by atoms with Gasteiger partial charge in [-0.3, -0.25) is 0 Å². The number of phenolic OH excluding ortho intramolecular Hbond substituents is 2. The molecule has 0 unspecified atom stereocenters. The van der Waals surface area contributed by atoms with Gasteiger partial charge in [0.1, 0.15) is 17.1 Å². The summed E-state index contributed by atoms with van der Waals surface area (Å²) in [6, 6.07) is 1.02. The van der Waals surface area contributed by atoms with E-state index in [2.05, 4.69) is 0 Å². The van der Waals surface area contributed by atoms with Crippen molar-refractivity contribution >= 4 is 17.6 Å². The molecule has 0 spiro atoms. The molecule has 0 heterocycles. The van der Waals surface area contributed by atoms with Gasteiger partial charge in [0.05, 0.1) is 11.6 Å². The van der Waals surface area contributed by atoms with Gasteiger partial charge >= 0.3 is 5.97 Å². The topological polar surface area (TPSA) is 66.8 Å². The van der Waals surface area contributed by atoms with Gasteiger partial charge < -0.3 is 14.9 Å². The predicted octanol–water partition coefficient (Wildman–Crippen LogP) is 2.24. The average molecular weight is 231 g/mol. The lowest BCUT2D eigenvalue weighted by Gasteiger charge is -2.10. The van der Waals surface area contributed by atoms with Crippen LogP contribution in [0.1, 0.15) is 22.8 Å². The Morgan fingerprint density at radius 3 is 2.60 bits per heavy atom. The molecule has 0 aliphatic heterocycles. The molecule has 0 aliphatic rings. The third-order valence-electron chi connectivity index (χ3n) is 1.94. The zero-order valence-electron chi connectivity index (χ0n) is 8.37. The van der Waals surface area contributed by atoms with Crippen molar-refractivity contribution in [3.05, 3.63) is 22.2 Å². The molecule has 0 amide bonds. The van der Waals surface area contributed by atoms with E-state index >= 15 is 0 Å². The van der Waals surface area contributed by atoms with Gasteiger partial charge in [-0.1, -0.05) is 11.6 Å². The number of halogens is 1. The first-order valence-electron chi connectivity index (χ1n) is 4.37. The maximum atomic E-state index is 11.4. The molecule has 1 rings (SSSR count). The van der Waals surface area contributed by atoms with Crippen molar-refractivity contribution < 1.29 is 19.7 Å². The number of rotatable bonds is 2. The first-order chi connectivity index (χ1) is 6.99. The van der Waals surface area contributed by atoms with Crippen LogP contribution in [-0.2, 0) is 4.74 Å². The number of phenols is 2. The molecule has 1 aromatic carbocycles. The molecular formula is C10H11ClO4. The van der Waals surface area contributed by atoms with Crippen LogP contribution in [0.5, 0.6) is 11.5 Å². The van der Waals surface area contributed by atoms with E-state index in [0.717, 1.165) is 6.07 Å². The van der Waals surface area contributed by atoms with E-state index in [1.54, 1.807) is 6.92 Å². The summed E-state index contributed by atoms with van der Waals surface area (Å²) in [7, 11) is 0. The number of esters is 1. The maximum Gasteiger partial charge on any atom is 0.342 e. The van der Waals surface area contributed by atoms with Crippen molar-refractivity contribution in [1.29, 1.82) is 0 Å². The van der Waals surface area contributed by atoms with Crippen LogP contribution in [0, 0.1) is 6.92 Å². The highest BCUT2D eigenvalue weighted by molar-refractivity contribution is 6.33. The molecule has 82 valence electrons. The minimum Gasteiger partial charge on any atom is -0.507 e. The van der Waals surface area contributed by atoms with Crippen LogP contribution in [0.25, 0.3) is 0 Å². The van der Waals surface area contributed by atoms with E-state index in [-0.39, 0.29) is 28.7 Å². The smallest absolute Gasteiger partial charge is 0.342 e. The van der Waals surface area contributed by atoms with Crippen molar-refractivity contribution in [2.75, 3.05) is 6.61 Å². The molecular weight excluding hydrogens is 220 g/mol. The molecule has 0 radical (unpaired) electrons. The van der Waals surface area contributed by atoms with Crippen LogP contribution in [0.3, 0.4) is 0 Å². The Hall–Kier alpha value is -1.42. The van der Waals surface area contributed by atoms with E-state index in [4.69, 9.17) is 16.3 Å². The Kier molecular flexibility index (Phi) is 3.42. The van der Waals surface area contributed by atoms with E-state index in [9.17, 15) is 15.0 Å². The van der Waals surface area contributed by atoms with Crippen LogP contribution >= 0.6 is 11.6 Å². The molecule has 0 saturated heterocycles. The molecule has 2 N–H and O–H groups in total. The molecule has 4 nitrogen and oxygen atoms in total. The molecule has 15 heavy (non-hydrogen) atoms. The van der Waals surface area contributed by atoms with Crippen LogP contribution in [0.4, 0.5) is 0 Å². The normalized spacial score (nSPS) is 10.1. The lowest BCUT2D eigenvalue weighted by Crippen LogP contribution is -2.07. The van der Waals surface area contributed by atoms with Gasteiger partial charge in [0.2, 0.25) is 0 Å². The Morgan fingerprint density at radius 1 is 1.47 bits per heavy atom. The van der Waals surface area contributed by atoms with Crippen LogP contribution < -0.4 is 0 Å². The highest BCUT2D eigenvalue weighted by Crippen LogP contribution is 2.35. The standard InChI is InChI=1S/C10H11ClO4/c1-3-15-10(14)8-5(2)9(11)7(13)4-6(8)12/h4,12-13H,3H2,1-2H3. The van der Waals surface area contributed by atoms with Gasteiger partial charge in [0.15, 0.2) is 0 Å². The predicted molar refractivity (Wildman–Crippen MR) is 55.5 cm³/mol. The summed E-state index contributed by atoms with van der Waals surface area (Å²) in [5.74, 6) is -1.26. The summed E-state index contributed by atoms with van der Waals surface area (Å²) >= 11 is 5.73.